The summed E-state index contributed by atoms with van der Waals surface area (Å²) in [6.07, 6.45) is 5.32. The minimum Gasteiger partial charge on any atom is -0.481 e. The molecule has 35 heavy (non-hydrogen) atoms. The molecule has 186 valence electrons. The number of hydrogen-bond donors (Lipinski definition) is 2. The highest BCUT2D eigenvalue weighted by molar-refractivity contribution is 6.35. The van der Waals surface area contributed by atoms with Crippen LogP contribution in [0.2, 0.25) is 5.02 Å². The Morgan fingerprint density at radius 2 is 1.80 bits per heavy atom. The molecule has 0 saturated heterocycles. The molecule has 1 aromatic heterocycles. The molecule has 7 nitrogen and oxygen atoms in total. The molecule has 3 aromatic rings. The minimum atomic E-state index is -2.88. The standard InChI is InChI=1S/C25H26ClF2N3O4/c26-21-10-9-19(24(34)29-12-16-3-1-15(2-4-16)11-22(32)33)20-13-30-31(23(20)21)14-17-5-7-18(8-6-17)35-25(27)28/h5-10,13,15-16,25H,1-4,11-12,14H2,(H,29,34)(H,32,33). The van der Waals surface area contributed by atoms with Crippen molar-refractivity contribution in [3.8, 4) is 5.75 Å². The summed E-state index contributed by atoms with van der Waals surface area (Å²) in [5, 5.41) is 17.4. The number of carboxylic acids is 1. The van der Waals surface area contributed by atoms with Crippen LogP contribution in [-0.4, -0.2) is 39.9 Å². The van der Waals surface area contributed by atoms with Gasteiger partial charge in [-0.25, -0.2) is 0 Å². The zero-order valence-electron chi connectivity index (χ0n) is 18.9. The Labute approximate surface area is 206 Å². The van der Waals surface area contributed by atoms with Gasteiger partial charge in [-0.3, -0.25) is 14.3 Å². The normalized spacial score (nSPS) is 18.1. The summed E-state index contributed by atoms with van der Waals surface area (Å²) in [5.74, 6) is -0.360. The molecule has 1 amide bonds. The van der Waals surface area contributed by atoms with Crippen LogP contribution in [0.15, 0.2) is 42.6 Å². The molecule has 1 heterocycles. The van der Waals surface area contributed by atoms with Crippen LogP contribution in [-0.2, 0) is 11.3 Å². The van der Waals surface area contributed by atoms with E-state index in [9.17, 15) is 18.4 Å². The summed E-state index contributed by atoms with van der Waals surface area (Å²) >= 11 is 6.44. The molecule has 0 radical (unpaired) electrons. The number of halogens is 3. The van der Waals surface area contributed by atoms with Crippen LogP contribution in [0.25, 0.3) is 10.9 Å². The maximum absolute atomic E-state index is 13.0. The Balaban J connectivity index is 1.42. The third-order valence-electron chi connectivity index (χ3n) is 6.46. The molecular formula is C25H26ClF2N3O4. The van der Waals surface area contributed by atoms with E-state index in [0.29, 0.717) is 40.5 Å². The zero-order chi connectivity index (χ0) is 24.9. The van der Waals surface area contributed by atoms with E-state index in [0.717, 1.165) is 31.2 Å². The molecule has 0 aliphatic heterocycles. The number of alkyl halides is 2. The fourth-order valence-corrected chi connectivity index (χ4v) is 4.91. The Kier molecular flexibility index (Phi) is 7.85. The lowest BCUT2D eigenvalue weighted by molar-refractivity contribution is -0.138. The van der Waals surface area contributed by atoms with Crippen LogP contribution in [0.5, 0.6) is 5.75 Å². The number of benzene rings is 2. The number of hydrogen-bond acceptors (Lipinski definition) is 4. The Bertz CT molecular complexity index is 1190. The number of rotatable bonds is 9. The Hall–Kier alpha value is -3.20. The molecule has 1 aliphatic rings. The van der Waals surface area contributed by atoms with Crippen LogP contribution in [0.4, 0.5) is 8.78 Å². The molecular weight excluding hydrogens is 480 g/mol. The van der Waals surface area contributed by atoms with Crippen LogP contribution in [0.1, 0.15) is 48.0 Å². The maximum Gasteiger partial charge on any atom is 0.387 e. The average molecular weight is 506 g/mol. The number of carbonyl (C=O) groups is 2. The number of fused-ring (bicyclic) bond motifs is 1. The largest absolute Gasteiger partial charge is 0.481 e. The average Bonchev–Trinajstić information content (AvgIpc) is 3.24. The predicted molar refractivity (Wildman–Crippen MR) is 127 cm³/mol. The van der Waals surface area contributed by atoms with Crippen molar-refractivity contribution in [2.24, 2.45) is 11.8 Å². The number of nitrogens with zero attached hydrogens (tertiary/aromatic N) is 2. The zero-order valence-corrected chi connectivity index (χ0v) is 19.7. The highest BCUT2D eigenvalue weighted by Crippen LogP contribution is 2.31. The maximum atomic E-state index is 13.0. The quantitative estimate of drug-likeness (QED) is 0.409. The van der Waals surface area contributed by atoms with Crippen molar-refractivity contribution < 1.29 is 28.2 Å². The van der Waals surface area contributed by atoms with Crippen molar-refractivity contribution in [2.75, 3.05) is 6.54 Å². The molecule has 0 spiro atoms. The van der Waals surface area contributed by atoms with Crippen molar-refractivity contribution in [1.29, 1.82) is 0 Å². The molecule has 2 N–H and O–H groups in total. The Morgan fingerprint density at radius 3 is 2.46 bits per heavy atom. The number of ether oxygens (including phenoxy) is 1. The summed E-state index contributed by atoms with van der Waals surface area (Å²) < 4.78 is 30.8. The lowest BCUT2D eigenvalue weighted by atomic mass is 9.80. The van der Waals surface area contributed by atoms with Crippen molar-refractivity contribution in [3.05, 3.63) is 58.7 Å². The van der Waals surface area contributed by atoms with Crippen molar-refractivity contribution >= 4 is 34.4 Å². The first-order valence-electron chi connectivity index (χ1n) is 11.5. The predicted octanol–water partition coefficient (Wildman–Crippen LogP) is 5.35. The molecule has 0 bridgehead atoms. The van der Waals surface area contributed by atoms with E-state index in [4.69, 9.17) is 16.7 Å². The van der Waals surface area contributed by atoms with Crippen molar-refractivity contribution in [3.63, 3.8) is 0 Å². The summed E-state index contributed by atoms with van der Waals surface area (Å²) in [4.78, 5) is 23.9. The van der Waals surface area contributed by atoms with E-state index in [2.05, 4.69) is 15.2 Å². The number of carboxylic acid groups (broad SMARTS) is 1. The second-order valence-corrected chi connectivity index (χ2v) is 9.28. The molecule has 0 unspecified atom stereocenters. The van der Waals surface area contributed by atoms with Gasteiger partial charge in [0.05, 0.1) is 28.8 Å². The number of amides is 1. The van der Waals surface area contributed by atoms with E-state index in [1.54, 1.807) is 35.1 Å². The third kappa shape index (κ3) is 6.28. The van der Waals surface area contributed by atoms with Gasteiger partial charge < -0.3 is 15.2 Å². The molecule has 1 aliphatic carbocycles. The SMILES string of the molecule is O=C(O)CC1CCC(CNC(=O)c2ccc(Cl)c3c2cnn3Cc2ccc(OC(F)F)cc2)CC1. The molecule has 0 atom stereocenters. The number of aromatic nitrogens is 2. The third-order valence-corrected chi connectivity index (χ3v) is 6.76. The van der Waals surface area contributed by atoms with Gasteiger partial charge in [-0.2, -0.15) is 13.9 Å². The van der Waals surface area contributed by atoms with Gasteiger partial charge >= 0.3 is 12.6 Å². The molecule has 1 saturated carbocycles. The van der Waals surface area contributed by atoms with Crippen LogP contribution in [0.3, 0.4) is 0 Å². The van der Waals surface area contributed by atoms with Crippen molar-refractivity contribution in [2.45, 2.75) is 45.3 Å². The Morgan fingerprint density at radius 1 is 1.11 bits per heavy atom. The smallest absolute Gasteiger partial charge is 0.387 e. The molecule has 2 aromatic carbocycles. The van der Waals surface area contributed by atoms with Crippen LogP contribution >= 0.6 is 11.6 Å². The topological polar surface area (TPSA) is 93.5 Å². The van der Waals surface area contributed by atoms with E-state index in [1.165, 1.54) is 12.1 Å². The number of nitrogens with one attached hydrogen (secondary N) is 1. The minimum absolute atomic E-state index is 0.0708. The van der Waals surface area contributed by atoms with Crippen LogP contribution in [0, 0.1) is 11.8 Å². The summed E-state index contributed by atoms with van der Waals surface area (Å²) in [7, 11) is 0. The van der Waals surface area contributed by atoms with Gasteiger partial charge in [-0.05, 0) is 67.3 Å². The fourth-order valence-electron chi connectivity index (χ4n) is 4.65. The lowest BCUT2D eigenvalue weighted by Crippen LogP contribution is -2.31. The second-order valence-electron chi connectivity index (χ2n) is 8.88. The first-order valence-corrected chi connectivity index (χ1v) is 11.9. The summed E-state index contributed by atoms with van der Waals surface area (Å²) in [6.45, 7) is -2.02. The highest BCUT2D eigenvalue weighted by atomic mass is 35.5. The highest BCUT2D eigenvalue weighted by Gasteiger charge is 2.24. The summed E-state index contributed by atoms with van der Waals surface area (Å²) in [5.41, 5.74) is 1.89. The van der Waals surface area contributed by atoms with Gasteiger partial charge in [0.15, 0.2) is 0 Å². The van der Waals surface area contributed by atoms with Crippen LogP contribution < -0.4 is 10.1 Å². The molecule has 10 heteroatoms. The van der Waals surface area contributed by atoms with E-state index in [1.807, 2.05) is 0 Å². The lowest BCUT2D eigenvalue weighted by Gasteiger charge is -2.27. The first kappa shape index (κ1) is 24.9. The fraction of sp³-hybridized carbons (Fsp3) is 0.400. The van der Waals surface area contributed by atoms with Gasteiger partial charge in [0.1, 0.15) is 5.75 Å². The number of aliphatic carboxylic acids is 1. The van der Waals surface area contributed by atoms with E-state index in [-0.39, 0.29) is 24.0 Å². The summed E-state index contributed by atoms with van der Waals surface area (Å²) in [6, 6.07) is 9.59. The molecule has 1 fully saturated rings. The number of carbonyl (C=O) groups excluding carboxylic acids is 1. The van der Waals surface area contributed by atoms with Gasteiger partial charge in [0.2, 0.25) is 0 Å². The van der Waals surface area contributed by atoms with Gasteiger partial charge in [-0.1, -0.05) is 23.7 Å². The first-order chi connectivity index (χ1) is 16.8. The second kappa shape index (κ2) is 11.0. The van der Waals surface area contributed by atoms with E-state index >= 15 is 0 Å². The monoisotopic (exact) mass is 505 g/mol. The van der Waals surface area contributed by atoms with Gasteiger partial charge in [-0.15, -0.1) is 0 Å². The van der Waals surface area contributed by atoms with Gasteiger partial charge in [0.25, 0.3) is 5.91 Å². The van der Waals surface area contributed by atoms with E-state index < -0.39 is 12.6 Å². The van der Waals surface area contributed by atoms with Crippen molar-refractivity contribution in [1.82, 2.24) is 15.1 Å². The molecule has 4 rings (SSSR count). The van der Waals surface area contributed by atoms with Gasteiger partial charge in [0, 0.05) is 18.4 Å².